The third-order valence-electron chi connectivity index (χ3n) is 5.01. The van der Waals surface area contributed by atoms with Crippen molar-refractivity contribution >= 4 is 68.1 Å². The van der Waals surface area contributed by atoms with Crippen LogP contribution in [0.1, 0.15) is 16.7 Å². The lowest BCUT2D eigenvalue weighted by molar-refractivity contribution is -0.122. The van der Waals surface area contributed by atoms with Crippen molar-refractivity contribution in [2.75, 3.05) is 4.90 Å². The first-order chi connectivity index (χ1) is 15.8. The minimum Gasteiger partial charge on any atom is -0.489 e. The first kappa shape index (κ1) is 23.2. The molecule has 0 aliphatic carbocycles. The van der Waals surface area contributed by atoms with Crippen LogP contribution in [0.5, 0.6) is 5.75 Å². The average molecular weight is 617 g/mol. The molecule has 0 atom stereocenters. The van der Waals surface area contributed by atoms with E-state index in [2.05, 4.69) is 43.8 Å². The molecule has 33 heavy (non-hydrogen) atoms. The van der Waals surface area contributed by atoms with Gasteiger partial charge in [0.1, 0.15) is 17.9 Å². The number of nitrogens with one attached hydrogen (secondary N) is 1. The smallest absolute Gasteiger partial charge is 0.335 e. The van der Waals surface area contributed by atoms with Gasteiger partial charge in [-0.15, -0.1) is 0 Å². The van der Waals surface area contributed by atoms with Gasteiger partial charge < -0.3 is 4.74 Å². The van der Waals surface area contributed by atoms with Crippen LogP contribution >= 0.6 is 38.5 Å². The van der Waals surface area contributed by atoms with Crippen LogP contribution in [0.3, 0.4) is 0 Å². The fourth-order valence-corrected chi connectivity index (χ4v) is 4.16. The second kappa shape index (κ2) is 9.88. The standard InChI is InChI=1S/C25H18BrIN2O4/c1-15-12-18(26)6-11-22(15)29-24(31)21(23(30)28-25(29)32)13-16-4-9-20(10-5-16)33-14-17-2-7-19(27)8-3-17/h2-13H,14H2,1H3,(H,28,30,32)/b21-13+. The number of rotatable bonds is 5. The topological polar surface area (TPSA) is 75.7 Å². The summed E-state index contributed by atoms with van der Waals surface area (Å²) in [6.45, 7) is 2.22. The zero-order valence-corrected chi connectivity index (χ0v) is 21.2. The molecule has 3 aromatic carbocycles. The van der Waals surface area contributed by atoms with Gasteiger partial charge in [-0.25, -0.2) is 9.69 Å². The third-order valence-corrected chi connectivity index (χ3v) is 6.22. The molecule has 1 N–H and O–H groups in total. The van der Waals surface area contributed by atoms with Gasteiger partial charge in [-0.1, -0.05) is 40.2 Å². The Balaban J connectivity index is 1.53. The van der Waals surface area contributed by atoms with Gasteiger partial charge in [0.05, 0.1) is 5.69 Å². The van der Waals surface area contributed by atoms with E-state index in [4.69, 9.17) is 4.74 Å². The van der Waals surface area contributed by atoms with Crippen LogP contribution in [0.15, 0.2) is 76.8 Å². The number of carbonyl (C=O) groups is 3. The summed E-state index contributed by atoms with van der Waals surface area (Å²) in [4.78, 5) is 38.9. The van der Waals surface area contributed by atoms with Crippen molar-refractivity contribution in [3.05, 3.63) is 97.0 Å². The van der Waals surface area contributed by atoms with Crippen molar-refractivity contribution in [1.29, 1.82) is 0 Å². The number of nitrogens with zero attached hydrogens (tertiary/aromatic N) is 1. The number of benzene rings is 3. The number of aryl methyl sites for hydroxylation is 1. The molecule has 1 aliphatic rings. The SMILES string of the molecule is Cc1cc(Br)ccc1N1C(=O)NC(=O)/C(=C\c2ccc(OCc3ccc(I)cc3)cc2)C1=O. The van der Waals surface area contributed by atoms with Gasteiger partial charge in [0.25, 0.3) is 11.8 Å². The van der Waals surface area contributed by atoms with E-state index < -0.39 is 17.8 Å². The van der Waals surface area contributed by atoms with Crippen molar-refractivity contribution in [3.8, 4) is 5.75 Å². The van der Waals surface area contributed by atoms with E-state index in [9.17, 15) is 14.4 Å². The quantitative estimate of drug-likeness (QED) is 0.230. The van der Waals surface area contributed by atoms with Gasteiger partial charge in [0.15, 0.2) is 0 Å². The number of amides is 4. The summed E-state index contributed by atoms with van der Waals surface area (Å²) < 4.78 is 7.79. The van der Waals surface area contributed by atoms with Gasteiger partial charge in [-0.3, -0.25) is 14.9 Å². The van der Waals surface area contributed by atoms with Gasteiger partial charge in [-0.2, -0.15) is 0 Å². The number of halogens is 2. The van der Waals surface area contributed by atoms with Crippen molar-refractivity contribution in [1.82, 2.24) is 5.32 Å². The van der Waals surface area contributed by atoms with Crippen LogP contribution in [0.25, 0.3) is 6.08 Å². The molecule has 3 aromatic rings. The summed E-state index contributed by atoms with van der Waals surface area (Å²) in [5, 5.41) is 2.25. The summed E-state index contributed by atoms with van der Waals surface area (Å²) in [5.74, 6) is -0.735. The lowest BCUT2D eigenvalue weighted by atomic mass is 10.1. The lowest BCUT2D eigenvalue weighted by Gasteiger charge is -2.27. The Morgan fingerprint density at radius 2 is 1.70 bits per heavy atom. The van der Waals surface area contributed by atoms with E-state index in [1.165, 1.54) is 6.08 Å². The molecule has 166 valence electrons. The number of urea groups is 1. The van der Waals surface area contributed by atoms with Crippen molar-refractivity contribution < 1.29 is 19.1 Å². The maximum Gasteiger partial charge on any atom is 0.335 e. The molecule has 0 unspecified atom stereocenters. The predicted octanol–water partition coefficient (Wildman–Crippen LogP) is 5.61. The fourth-order valence-electron chi connectivity index (χ4n) is 3.32. The monoisotopic (exact) mass is 616 g/mol. The zero-order chi connectivity index (χ0) is 23.5. The molecule has 8 heteroatoms. The van der Waals surface area contributed by atoms with Gasteiger partial charge in [0, 0.05) is 8.04 Å². The highest BCUT2D eigenvalue weighted by Gasteiger charge is 2.37. The Labute approximate surface area is 212 Å². The molecule has 0 bridgehead atoms. The highest BCUT2D eigenvalue weighted by Crippen LogP contribution is 2.28. The van der Waals surface area contributed by atoms with E-state index in [-0.39, 0.29) is 5.57 Å². The maximum atomic E-state index is 13.1. The first-order valence-corrected chi connectivity index (χ1v) is 11.8. The molecule has 0 saturated carbocycles. The largest absolute Gasteiger partial charge is 0.489 e. The number of imide groups is 2. The molecule has 0 radical (unpaired) electrons. The summed E-state index contributed by atoms with van der Waals surface area (Å²) in [6.07, 6.45) is 1.47. The highest BCUT2D eigenvalue weighted by atomic mass is 127. The number of anilines is 1. The Morgan fingerprint density at radius 3 is 2.36 bits per heavy atom. The minimum atomic E-state index is -0.771. The Hall–Kier alpha value is -2.98. The number of hydrogen-bond acceptors (Lipinski definition) is 4. The summed E-state index contributed by atoms with van der Waals surface area (Å²) in [6, 6.07) is 19.5. The van der Waals surface area contributed by atoms with E-state index in [0.717, 1.165) is 24.1 Å². The Kier molecular flexibility index (Phi) is 6.94. The second-order valence-corrected chi connectivity index (χ2v) is 9.53. The highest BCUT2D eigenvalue weighted by molar-refractivity contribution is 14.1. The third kappa shape index (κ3) is 5.33. The Bertz CT molecular complexity index is 1270. The Morgan fingerprint density at radius 1 is 1.00 bits per heavy atom. The van der Waals surface area contributed by atoms with Gasteiger partial charge in [-0.05, 0) is 94.7 Å². The maximum absolute atomic E-state index is 13.1. The average Bonchev–Trinajstić information content (AvgIpc) is 2.78. The van der Waals surface area contributed by atoms with E-state index in [0.29, 0.717) is 23.6 Å². The normalized spacial score (nSPS) is 15.1. The minimum absolute atomic E-state index is 0.121. The van der Waals surface area contributed by atoms with Gasteiger partial charge in [0.2, 0.25) is 0 Å². The van der Waals surface area contributed by atoms with E-state index in [1.54, 1.807) is 49.4 Å². The van der Waals surface area contributed by atoms with Crippen LogP contribution < -0.4 is 15.0 Å². The molecule has 6 nitrogen and oxygen atoms in total. The molecule has 1 aliphatic heterocycles. The lowest BCUT2D eigenvalue weighted by Crippen LogP contribution is -2.54. The van der Waals surface area contributed by atoms with Crippen molar-refractivity contribution in [2.45, 2.75) is 13.5 Å². The molecule has 0 aromatic heterocycles. The number of hydrogen-bond donors (Lipinski definition) is 1. The second-order valence-electron chi connectivity index (χ2n) is 7.37. The summed E-state index contributed by atoms with van der Waals surface area (Å²) >= 11 is 5.62. The number of ether oxygens (including phenoxy) is 1. The fraction of sp³-hybridized carbons (Fsp3) is 0.0800. The van der Waals surface area contributed by atoms with E-state index in [1.807, 2.05) is 24.3 Å². The molecule has 1 fully saturated rings. The zero-order valence-electron chi connectivity index (χ0n) is 17.5. The molecule has 0 spiro atoms. The van der Waals surface area contributed by atoms with Crippen LogP contribution in [-0.4, -0.2) is 17.8 Å². The first-order valence-electron chi connectivity index (χ1n) is 9.97. The van der Waals surface area contributed by atoms with Crippen LogP contribution in [0.4, 0.5) is 10.5 Å². The van der Waals surface area contributed by atoms with Gasteiger partial charge >= 0.3 is 6.03 Å². The molecule has 1 heterocycles. The number of carbonyl (C=O) groups excluding carboxylic acids is 3. The molecule has 4 rings (SSSR count). The van der Waals surface area contributed by atoms with Crippen LogP contribution in [0.2, 0.25) is 0 Å². The molecule has 4 amide bonds. The van der Waals surface area contributed by atoms with Crippen molar-refractivity contribution in [2.24, 2.45) is 0 Å². The summed E-state index contributed by atoms with van der Waals surface area (Å²) in [7, 11) is 0. The summed E-state index contributed by atoms with van der Waals surface area (Å²) in [5.41, 5.74) is 2.70. The van der Waals surface area contributed by atoms with Crippen LogP contribution in [0, 0.1) is 10.5 Å². The predicted molar refractivity (Wildman–Crippen MR) is 138 cm³/mol. The molecular weight excluding hydrogens is 599 g/mol. The van der Waals surface area contributed by atoms with Crippen molar-refractivity contribution in [3.63, 3.8) is 0 Å². The molecule has 1 saturated heterocycles. The van der Waals surface area contributed by atoms with Crippen LogP contribution in [-0.2, 0) is 16.2 Å². The molecular formula is C25H18BrIN2O4. The number of barbiturate groups is 1. The van der Waals surface area contributed by atoms with E-state index >= 15 is 0 Å².